The Morgan fingerprint density at radius 3 is 2.17 bits per heavy atom. The van der Waals surface area contributed by atoms with Crippen molar-refractivity contribution in [1.82, 2.24) is 9.55 Å². The number of para-hydroxylation sites is 2. The van der Waals surface area contributed by atoms with Crippen molar-refractivity contribution >= 4 is 5.97 Å². The van der Waals surface area contributed by atoms with Crippen molar-refractivity contribution in [3.05, 3.63) is 78.5 Å². The van der Waals surface area contributed by atoms with Crippen LogP contribution in [0.15, 0.2) is 72.9 Å². The molecule has 0 aliphatic heterocycles. The number of imidazole rings is 1. The van der Waals surface area contributed by atoms with Crippen molar-refractivity contribution in [2.24, 2.45) is 0 Å². The van der Waals surface area contributed by atoms with Gasteiger partial charge in [-0.3, -0.25) is 4.57 Å². The van der Waals surface area contributed by atoms with Crippen molar-refractivity contribution in [3.8, 4) is 45.6 Å². The Labute approximate surface area is 172 Å². The van der Waals surface area contributed by atoms with Crippen LogP contribution in [-0.4, -0.2) is 37.9 Å². The molecule has 0 saturated carbocycles. The SMILES string of the molecule is COc1cc(-n2cc(-c3ccccc3O)nc2-c2ccccc2O)ccc1C(=O)O. The molecule has 0 aliphatic rings. The summed E-state index contributed by atoms with van der Waals surface area (Å²) in [6.45, 7) is 0. The van der Waals surface area contributed by atoms with E-state index in [1.54, 1.807) is 71.4 Å². The quantitative estimate of drug-likeness (QED) is 0.459. The zero-order valence-electron chi connectivity index (χ0n) is 16.0. The number of ether oxygens (including phenoxy) is 1. The molecule has 4 rings (SSSR count). The minimum Gasteiger partial charge on any atom is -0.507 e. The summed E-state index contributed by atoms with van der Waals surface area (Å²) < 4.78 is 6.96. The lowest BCUT2D eigenvalue weighted by molar-refractivity contribution is 0.0693. The average molecular weight is 402 g/mol. The van der Waals surface area contributed by atoms with Crippen LogP contribution in [0.3, 0.4) is 0 Å². The number of hydrogen-bond acceptors (Lipinski definition) is 5. The van der Waals surface area contributed by atoms with Crippen molar-refractivity contribution in [3.63, 3.8) is 0 Å². The van der Waals surface area contributed by atoms with Gasteiger partial charge in [0.05, 0.1) is 24.1 Å². The highest BCUT2D eigenvalue weighted by Gasteiger charge is 2.19. The molecule has 1 heterocycles. The van der Waals surface area contributed by atoms with Crippen LogP contribution in [0.2, 0.25) is 0 Å². The number of hydrogen-bond donors (Lipinski definition) is 3. The second-order valence-corrected chi connectivity index (χ2v) is 6.54. The van der Waals surface area contributed by atoms with Crippen molar-refractivity contribution in [1.29, 1.82) is 0 Å². The lowest BCUT2D eigenvalue weighted by Crippen LogP contribution is -2.03. The molecule has 7 heteroatoms. The molecule has 0 radical (unpaired) electrons. The summed E-state index contributed by atoms with van der Waals surface area (Å²) in [5.41, 5.74) is 2.13. The van der Waals surface area contributed by atoms with Crippen LogP contribution >= 0.6 is 0 Å². The number of rotatable bonds is 5. The first-order chi connectivity index (χ1) is 14.5. The molecule has 0 atom stereocenters. The molecule has 4 aromatic rings. The van der Waals surface area contributed by atoms with E-state index in [2.05, 4.69) is 4.98 Å². The largest absolute Gasteiger partial charge is 0.507 e. The maximum atomic E-state index is 11.4. The highest BCUT2D eigenvalue weighted by Crippen LogP contribution is 2.36. The topological polar surface area (TPSA) is 105 Å². The molecule has 0 fully saturated rings. The standard InChI is InChI=1S/C23H18N2O5/c1-30-21-12-14(10-11-17(21)23(28)29)25-13-18(15-6-2-4-8-19(15)26)24-22(25)16-7-3-5-9-20(16)27/h2-13,26-27H,1H3,(H,28,29). The number of aromatic nitrogens is 2. The highest BCUT2D eigenvalue weighted by atomic mass is 16.5. The second kappa shape index (κ2) is 7.63. The normalized spacial score (nSPS) is 10.7. The van der Waals surface area contributed by atoms with Gasteiger partial charge in [-0.1, -0.05) is 24.3 Å². The minimum atomic E-state index is -1.10. The molecule has 0 saturated heterocycles. The second-order valence-electron chi connectivity index (χ2n) is 6.54. The van der Waals surface area contributed by atoms with Crippen LogP contribution in [-0.2, 0) is 0 Å². The molecule has 7 nitrogen and oxygen atoms in total. The molecule has 3 N–H and O–H groups in total. The van der Waals surface area contributed by atoms with E-state index in [9.17, 15) is 20.1 Å². The molecule has 1 aromatic heterocycles. The van der Waals surface area contributed by atoms with Crippen LogP contribution in [0.5, 0.6) is 17.2 Å². The highest BCUT2D eigenvalue weighted by molar-refractivity contribution is 5.91. The number of carboxylic acid groups (broad SMARTS) is 1. The van der Waals surface area contributed by atoms with Crippen LogP contribution < -0.4 is 4.74 Å². The number of aromatic hydroxyl groups is 2. The first-order valence-corrected chi connectivity index (χ1v) is 9.07. The van der Waals surface area contributed by atoms with Crippen LogP contribution in [0, 0.1) is 0 Å². The predicted molar refractivity (Wildman–Crippen MR) is 111 cm³/mol. The van der Waals surface area contributed by atoms with E-state index < -0.39 is 5.97 Å². The lowest BCUT2D eigenvalue weighted by atomic mass is 10.1. The molecule has 0 spiro atoms. The number of phenols is 2. The number of phenolic OH excluding ortho intramolecular Hbond substituents is 2. The van der Waals surface area contributed by atoms with E-state index in [1.165, 1.54) is 13.2 Å². The molecule has 30 heavy (non-hydrogen) atoms. The number of aromatic carboxylic acids is 1. The van der Waals surface area contributed by atoms with Crippen molar-refractivity contribution in [2.75, 3.05) is 7.11 Å². The molecule has 150 valence electrons. The fraction of sp³-hybridized carbons (Fsp3) is 0.0435. The fourth-order valence-corrected chi connectivity index (χ4v) is 3.26. The van der Waals surface area contributed by atoms with Gasteiger partial charge < -0.3 is 20.1 Å². The van der Waals surface area contributed by atoms with Gasteiger partial charge in [0.15, 0.2) is 0 Å². The van der Waals surface area contributed by atoms with E-state index in [0.717, 1.165) is 0 Å². The summed E-state index contributed by atoms with van der Waals surface area (Å²) in [6, 6.07) is 18.3. The molecule has 0 aliphatic carbocycles. The van der Waals surface area contributed by atoms with E-state index in [0.29, 0.717) is 28.3 Å². The zero-order chi connectivity index (χ0) is 21.3. The van der Waals surface area contributed by atoms with Gasteiger partial charge in [0.1, 0.15) is 28.6 Å². The predicted octanol–water partition coefficient (Wildman–Crippen LogP) is 4.32. The maximum Gasteiger partial charge on any atom is 0.339 e. The molecular formula is C23H18N2O5. The van der Waals surface area contributed by atoms with Gasteiger partial charge in [0, 0.05) is 17.8 Å². The van der Waals surface area contributed by atoms with Gasteiger partial charge in [-0.2, -0.15) is 0 Å². The van der Waals surface area contributed by atoms with Gasteiger partial charge >= 0.3 is 5.97 Å². The van der Waals surface area contributed by atoms with Gasteiger partial charge in [0.2, 0.25) is 0 Å². The minimum absolute atomic E-state index is 0.0337. The Morgan fingerprint density at radius 2 is 1.57 bits per heavy atom. The Morgan fingerprint density at radius 1 is 0.933 bits per heavy atom. The van der Waals surface area contributed by atoms with Gasteiger partial charge in [-0.25, -0.2) is 9.78 Å². The molecular weight excluding hydrogens is 384 g/mol. The molecule has 0 amide bonds. The lowest BCUT2D eigenvalue weighted by Gasteiger charge is -2.12. The first-order valence-electron chi connectivity index (χ1n) is 9.07. The van der Waals surface area contributed by atoms with Gasteiger partial charge in [-0.05, 0) is 36.4 Å². The third kappa shape index (κ3) is 3.33. The summed E-state index contributed by atoms with van der Waals surface area (Å²) in [7, 11) is 1.40. The molecule has 0 unspecified atom stereocenters. The Bertz CT molecular complexity index is 1250. The van der Waals surface area contributed by atoms with Crippen molar-refractivity contribution in [2.45, 2.75) is 0 Å². The molecule has 0 bridgehead atoms. The maximum absolute atomic E-state index is 11.4. The van der Waals surface area contributed by atoms with Crippen LogP contribution in [0.25, 0.3) is 28.3 Å². The third-order valence-corrected chi connectivity index (χ3v) is 4.72. The Kier molecular flexibility index (Phi) is 4.85. The van der Waals surface area contributed by atoms with Crippen LogP contribution in [0.4, 0.5) is 0 Å². The number of benzene rings is 3. The number of methoxy groups -OCH3 is 1. The summed E-state index contributed by atoms with van der Waals surface area (Å²) in [6.07, 6.45) is 1.71. The number of carboxylic acids is 1. The van der Waals surface area contributed by atoms with E-state index in [4.69, 9.17) is 4.74 Å². The summed E-state index contributed by atoms with van der Waals surface area (Å²) in [5, 5.41) is 30.0. The summed E-state index contributed by atoms with van der Waals surface area (Å²) >= 11 is 0. The monoisotopic (exact) mass is 402 g/mol. The zero-order valence-corrected chi connectivity index (χ0v) is 16.0. The summed E-state index contributed by atoms with van der Waals surface area (Å²) in [4.78, 5) is 16.1. The Hall–Kier alpha value is -4.26. The van der Waals surface area contributed by atoms with E-state index >= 15 is 0 Å². The first kappa shape index (κ1) is 19.1. The summed E-state index contributed by atoms with van der Waals surface area (Å²) in [5.74, 6) is -0.357. The average Bonchev–Trinajstić information content (AvgIpc) is 3.18. The number of carbonyl (C=O) groups is 1. The van der Waals surface area contributed by atoms with E-state index in [-0.39, 0.29) is 22.8 Å². The van der Waals surface area contributed by atoms with Gasteiger partial charge in [0.25, 0.3) is 0 Å². The third-order valence-electron chi connectivity index (χ3n) is 4.72. The molecule has 3 aromatic carbocycles. The van der Waals surface area contributed by atoms with Crippen molar-refractivity contribution < 1.29 is 24.9 Å². The Balaban J connectivity index is 1.96. The fourth-order valence-electron chi connectivity index (χ4n) is 3.26. The number of nitrogens with zero attached hydrogens (tertiary/aromatic N) is 2. The van der Waals surface area contributed by atoms with Gasteiger partial charge in [-0.15, -0.1) is 0 Å². The smallest absolute Gasteiger partial charge is 0.339 e. The van der Waals surface area contributed by atoms with Crippen LogP contribution in [0.1, 0.15) is 10.4 Å². The van der Waals surface area contributed by atoms with E-state index in [1.807, 2.05) is 0 Å².